The lowest BCUT2D eigenvalue weighted by Crippen LogP contribution is -2.50. The van der Waals surface area contributed by atoms with Crippen LogP contribution in [-0.2, 0) is 14.8 Å². The molecule has 2 heterocycles. The first-order valence-corrected chi connectivity index (χ1v) is 11.1. The quantitative estimate of drug-likeness (QED) is 0.577. The summed E-state index contributed by atoms with van der Waals surface area (Å²) >= 11 is 0. The average molecular weight is 429 g/mol. The number of piperidine rings is 1. The second kappa shape index (κ2) is 10.2. The number of carbonyl (C=O) groups excluding carboxylic acids is 1. The second-order valence-corrected chi connectivity index (χ2v) is 8.94. The Morgan fingerprint density at radius 3 is 2.82 bits per heavy atom. The number of fused-ring (bicyclic) bond motifs is 1. The Balaban J connectivity index is 0.00000280. The number of amidine groups is 1. The van der Waals surface area contributed by atoms with Crippen molar-refractivity contribution >= 4 is 34.2 Å². The number of nitrogens with one attached hydrogen (secondary N) is 3. The minimum absolute atomic E-state index is 0. The van der Waals surface area contributed by atoms with E-state index >= 15 is 0 Å². The van der Waals surface area contributed by atoms with E-state index in [1.54, 1.807) is 24.3 Å². The summed E-state index contributed by atoms with van der Waals surface area (Å²) in [6.07, 6.45) is 4.14. The van der Waals surface area contributed by atoms with Crippen molar-refractivity contribution in [3.05, 3.63) is 29.8 Å². The van der Waals surface area contributed by atoms with E-state index in [9.17, 15) is 13.2 Å². The first-order valence-electron chi connectivity index (χ1n) is 9.64. The van der Waals surface area contributed by atoms with E-state index in [0.717, 1.165) is 38.8 Å². The highest BCUT2D eigenvalue weighted by Crippen LogP contribution is 2.22. The lowest BCUT2D eigenvalue weighted by Gasteiger charge is -2.30. The third kappa shape index (κ3) is 5.68. The van der Waals surface area contributed by atoms with Gasteiger partial charge in [0, 0.05) is 31.1 Å². The van der Waals surface area contributed by atoms with Crippen LogP contribution in [0.5, 0.6) is 0 Å². The number of nitrogens with zero attached hydrogens (tertiary/aromatic N) is 1. The van der Waals surface area contributed by atoms with Gasteiger partial charge in [0.1, 0.15) is 5.84 Å². The summed E-state index contributed by atoms with van der Waals surface area (Å²) in [4.78, 5) is 16.7. The zero-order valence-electron chi connectivity index (χ0n) is 16.1. The molecule has 7 nitrogen and oxygen atoms in total. The van der Waals surface area contributed by atoms with Gasteiger partial charge in [0.05, 0.1) is 4.90 Å². The van der Waals surface area contributed by atoms with E-state index in [4.69, 9.17) is 0 Å². The standard InChI is InChI=1S/C19H28N4O3S.ClH/c1-14-10-12-20-13-16(14)22-18(24)9-3-2-6-11-21-19-15-7-4-5-8-17(15)27(25,26)23-19;/h4-5,7-8,14,16,20H,2-3,6,9-13H2,1H3,(H,21,23)(H,22,24);1H. The molecule has 1 aromatic rings. The van der Waals surface area contributed by atoms with E-state index < -0.39 is 10.0 Å². The first-order chi connectivity index (χ1) is 13.0. The molecule has 28 heavy (non-hydrogen) atoms. The highest BCUT2D eigenvalue weighted by molar-refractivity contribution is 7.90. The van der Waals surface area contributed by atoms with Crippen molar-refractivity contribution in [2.24, 2.45) is 10.9 Å². The predicted octanol–water partition coefficient (Wildman–Crippen LogP) is 1.82. The number of benzene rings is 1. The Kier molecular flexibility index (Phi) is 8.27. The van der Waals surface area contributed by atoms with E-state index in [1.165, 1.54) is 0 Å². The summed E-state index contributed by atoms with van der Waals surface area (Å²) in [6, 6.07) is 7.08. The summed E-state index contributed by atoms with van der Waals surface area (Å²) in [6.45, 7) is 4.59. The molecule has 1 amide bonds. The van der Waals surface area contributed by atoms with Crippen molar-refractivity contribution in [2.75, 3.05) is 19.6 Å². The zero-order chi connectivity index (χ0) is 19.3. The number of amides is 1. The smallest absolute Gasteiger partial charge is 0.263 e. The SMILES string of the molecule is CC1CCNCC1NC(=O)CCCCCN=C1NS(=O)(=O)c2ccccc21.Cl. The number of sulfonamides is 1. The monoisotopic (exact) mass is 428 g/mol. The van der Waals surface area contributed by atoms with Crippen LogP contribution in [0.15, 0.2) is 34.2 Å². The number of hydrogen-bond donors (Lipinski definition) is 3. The largest absolute Gasteiger partial charge is 0.352 e. The minimum atomic E-state index is -3.47. The van der Waals surface area contributed by atoms with Gasteiger partial charge in [-0.3, -0.25) is 14.5 Å². The highest BCUT2D eigenvalue weighted by Gasteiger charge is 2.29. The maximum atomic E-state index is 12.1. The van der Waals surface area contributed by atoms with E-state index in [0.29, 0.717) is 30.3 Å². The maximum absolute atomic E-state index is 12.1. The van der Waals surface area contributed by atoms with Crippen molar-refractivity contribution in [3.8, 4) is 0 Å². The molecule has 2 aliphatic rings. The molecule has 0 aromatic heterocycles. The lowest BCUT2D eigenvalue weighted by molar-refractivity contribution is -0.122. The molecular formula is C19H29ClN4O3S. The number of carbonyl (C=O) groups is 1. The Hall–Kier alpha value is -1.64. The molecule has 2 unspecified atom stereocenters. The van der Waals surface area contributed by atoms with Crippen LogP contribution < -0.4 is 15.4 Å². The molecule has 0 aliphatic carbocycles. The van der Waals surface area contributed by atoms with Crippen LogP contribution in [0.25, 0.3) is 0 Å². The number of unbranched alkanes of at least 4 members (excludes halogenated alkanes) is 2. The number of aliphatic imine (C=N–C) groups is 1. The van der Waals surface area contributed by atoms with Crippen molar-refractivity contribution in [3.63, 3.8) is 0 Å². The van der Waals surface area contributed by atoms with E-state index in [1.807, 2.05) is 0 Å². The van der Waals surface area contributed by atoms with Crippen LogP contribution in [0.1, 0.15) is 44.6 Å². The van der Waals surface area contributed by atoms with Gasteiger partial charge >= 0.3 is 0 Å². The topological polar surface area (TPSA) is 99.7 Å². The molecular weight excluding hydrogens is 400 g/mol. The number of rotatable bonds is 7. The summed E-state index contributed by atoms with van der Waals surface area (Å²) in [7, 11) is -3.47. The zero-order valence-corrected chi connectivity index (χ0v) is 17.7. The van der Waals surface area contributed by atoms with Gasteiger partial charge in [-0.15, -0.1) is 12.4 Å². The van der Waals surface area contributed by atoms with Gasteiger partial charge < -0.3 is 10.6 Å². The summed E-state index contributed by atoms with van der Waals surface area (Å²) < 4.78 is 26.5. The van der Waals surface area contributed by atoms with Gasteiger partial charge in [0.25, 0.3) is 10.0 Å². The van der Waals surface area contributed by atoms with Crippen molar-refractivity contribution in [1.29, 1.82) is 0 Å². The molecule has 0 bridgehead atoms. The molecule has 9 heteroatoms. The molecule has 2 atom stereocenters. The van der Waals surface area contributed by atoms with Gasteiger partial charge in [-0.1, -0.05) is 25.5 Å². The molecule has 3 N–H and O–H groups in total. The van der Waals surface area contributed by atoms with Gasteiger partial charge in [-0.05, 0) is 43.9 Å². The normalized spacial score (nSPS) is 24.1. The molecule has 1 aromatic carbocycles. The summed E-state index contributed by atoms with van der Waals surface area (Å²) in [5.41, 5.74) is 0.632. The van der Waals surface area contributed by atoms with Gasteiger partial charge in [0.15, 0.2) is 0 Å². The first kappa shape index (κ1) is 22.6. The Morgan fingerprint density at radius 2 is 2.04 bits per heavy atom. The van der Waals surface area contributed by atoms with Crippen molar-refractivity contribution in [2.45, 2.75) is 50.0 Å². The molecule has 1 saturated heterocycles. The molecule has 0 radical (unpaired) electrons. The number of hydrogen-bond acceptors (Lipinski definition) is 5. The average Bonchev–Trinajstić information content (AvgIpc) is 2.91. The van der Waals surface area contributed by atoms with Crippen LogP contribution in [0.4, 0.5) is 0 Å². The van der Waals surface area contributed by atoms with Gasteiger partial charge in [0.2, 0.25) is 5.91 Å². The van der Waals surface area contributed by atoms with E-state index in [-0.39, 0.29) is 29.3 Å². The van der Waals surface area contributed by atoms with Crippen molar-refractivity contribution < 1.29 is 13.2 Å². The van der Waals surface area contributed by atoms with Crippen LogP contribution in [0.3, 0.4) is 0 Å². The third-order valence-corrected chi connectivity index (χ3v) is 6.57. The van der Waals surface area contributed by atoms with Gasteiger partial charge in [-0.2, -0.15) is 0 Å². The van der Waals surface area contributed by atoms with Crippen LogP contribution >= 0.6 is 12.4 Å². The Labute approximate surface area is 173 Å². The predicted molar refractivity (Wildman–Crippen MR) is 112 cm³/mol. The molecule has 3 rings (SSSR count). The molecule has 156 valence electrons. The van der Waals surface area contributed by atoms with E-state index in [2.05, 4.69) is 27.3 Å². The third-order valence-electron chi connectivity index (χ3n) is 5.17. The number of halogens is 1. The Morgan fingerprint density at radius 1 is 1.25 bits per heavy atom. The summed E-state index contributed by atoms with van der Waals surface area (Å²) in [5, 5.41) is 6.43. The fraction of sp³-hybridized carbons (Fsp3) is 0.579. The Bertz CT molecular complexity index is 813. The molecule has 2 aliphatic heterocycles. The fourth-order valence-corrected chi connectivity index (χ4v) is 4.73. The van der Waals surface area contributed by atoms with Crippen molar-refractivity contribution in [1.82, 2.24) is 15.4 Å². The summed E-state index contributed by atoms with van der Waals surface area (Å²) in [5.74, 6) is 1.05. The highest BCUT2D eigenvalue weighted by atomic mass is 35.5. The van der Waals surface area contributed by atoms with Crippen LogP contribution in [0.2, 0.25) is 0 Å². The molecule has 0 spiro atoms. The van der Waals surface area contributed by atoms with Gasteiger partial charge in [-0.25, -0.2) is 8.42 Å². The minimum Gasteiger partial charge on any atom is -0.352 e. The molecule has 1 fully saturated rings. The lowest BCUT2D eigenvalue weighted by atomic mass is 9.94. The molecule has 0 saturated carbocycles. The van der Waals surface area contributed by atoms with Crippen LogP contribution in [-0.4, -0.2) is 45.8 Å². The second-order valence-electron chi connectivity index (χ2n) is 7.29. The maximum Gasteiger partial charge on any atom is 0.263 e. The van der Waals surface area contributed by atoms with Crippen LogP contribution in [0, 0.1) is 5.92 Å². The fourth-order valence-electron chi connectivity index (χ4n) is 3.48.